The van der Waals surface area contributed by atoms with E-state index in [9.17, 15) is 9.59 Å². The van der Waals surface area contributed by atoms with Crippen LogP contribution >= 0.6 is 0 Å². The van der Waals surface area contributed by atoms with Crippen LogP contribution in [0.2, 0.25) is 0 Å². The molecule has 43 heavy (non-hydrogen) atoms. The van der Waals surface area contributed by atoms with Crippen LogP contribution in [0.1, 0.15) is 155 Å². The van der Waals surface area contributed by atoms with E-state index in [1.807, 2.05) is 0 Å². The summed E-state index contributed by atoms with van der Waals surface area (Å²) in [6.07, 6.45) is 47.7. The van der Waals surface area contributed by atoms with E-state index in [4.69, 9.17) is 9.84 Å². The maximum Gasteiger partial charge on any atom is 0.306 e. The van der Waals surface area contributed by atoms with Crippen molar-refractivity contribution in [3.8, 4) is 0 Å². The van der Waals surface area contributed by atoms with Gasteiger partial charge in [0.2, 0.25) is 0 Å². The van der Waals surface area contributed by atoms with Gasteiger partial charge in [-0.15, -0.1) is 0 Å². The van der Waals surface area contributed by atoms with Crippen molar-refractivity contribution in [1.82, 2.24) is 0 Å². The molecule has 0 heterocycles. The van der Waals surface area contributed by atoms with E-state index in [0.29, 0.717) is 12.8 Å². The minimum absolute atomic E-state index is 0.00658. The molecule has 1 unspecified atom stereocenters. The van der Waals surface area contributed by atoms with Crippen molar-refractivity contribution in [3.05, 3.63) is 72.9 Å². The summed E-state index contributed by atoms with van der Waals surface area (Å²) in [4.78, 5) is 23.2. The Labute approximate surface area is 265 Å². The molecule has 0 fully saturated rings. The van der Waals surface area contributed by atoms with Gasteiger partial charge in [-0.05, 0) is 77.0 Å². The molecule has 0 radical (unpaired) electrons. The fourth-order valence-electron chi connectivity index (χ4n) is 4.68. The van der Waals surface area contributed by atoms with Crippen LogP contribution in [0, 0.1) is 0 Å². The summed E-state index contributed by atoms with van der Waals surface area (Å²) in [5, 5.41) is 8.80. The largest absolute Gasteiger partial charge is 0.481 e. The van der Waals surface area contributed by atoms with E-state index >= 15 is 0 Å². The molecule has 1 atom stereocenters. The van der Waals surface area contributed by atoms with Crippen LogP contribution < -0.4 is 0 Å². The smallest absolute Gasteiger partial charge is 0.306 e. The molecule has 0 saturated carbocycles. The first-order chi connectivity index (χ1) is 21.1. The molecule has 0 bridgehead atoms. The Kier molecular flexibility index (Phi) is 31.8. The van der Waals surface area contributed by atoms with E-state index < -0.39 is 5.97 Å². The topological polar surface area (TPSA) is 63.6 Å². The monoisotopic (exact) mass is 596 g/mol. The van der Waals surface area contributed by atoms with Crippen molar-refractivity contribution in [2.45, 2.75) is 161 Å². The van der Waals surface area contributed by atoms with Gasteiger partial charge in [-0.2, -0.15) is 0 Å². The molecule has 0 amide bonds. The van der Waals surface area contributed by atoms with Crippen molar-refractivity contribution in [1.29, 1.82) is 0 Å². The Morgan fingerprint density at radius 3 is 1.42 bits per heavy atom. The second kappa shape index (κ2) is 33.9. The molecule has 0 aromatic heterocycles. The average Bonchev–Trinajstić information content (AvgIpc) is 2.99. The maximum atomic E-state index is 12.5. The molecular formula is C39H64O4. The Hall–Kier alpha value is -2.62. The number of rotatable bonds is 30. The van der Waals surface area contributed by atoms with Crippen LogP contribution in [0.5, 0.6) is 0 Å². The van der Waals surface area contributed by atoms with Crippen molar-refractivity contribution >= 4 is 11.9 Å². The van der Waals surface area contributed by atoms with Gasteiger partial charge < -0.3 is 9.84 Å². The number of unbranched alkanes of at least 4 members (excludes halogenated alkanes) is 9. The molecule has 0 rings (SSSR count). The van der Waals surface area contributed by atoms with Crippen molar-refractivity contribution < 1.29 is 19.4 Å². The number of ether oxygens (including phenoxy) is 1. The van der Waals surface area contributed by atoms with E-state index in [-0.39, 0.29) is 18.5 Å². The normalized spacial score (nSPS) is 13.2. The number of carboxylic acids is 1. The number of carbonyl (C=O) groups excluding carboxylic acids is 1. The average molecular weight is 597 g/mol. The molecule has 0 aliphatic carbocycles. The highest BCUT2D eigenvalue weighted by Gasteiger charge is 2.14. The zero-order valence-corrected chi connectivity index (χ0v) is 27.7. The van der Waals surface area contributed by atoms with Gasteiger partial charge in [0.1, 0.15) is 6.10 Å². The molecule has 0 saturated heterocycles. The Morgan fingerprint density at radius 2 is 0.953 bits per heavy atom. The van der Waals surface area contributed by atoms with Gasteiger partial charge in [0, 0.05) is 12.8 Å². The predicted octanol–water partition coefficient (Wildman–Crippen LogP) is 11.9. The first-order valence-corrected chi connectivity index (χ1v) is 17.4. The van der Waals surface area contributed by atoms with Crippen molar-refractivity contribution in [2.75, 3.05) is 0 Å². The Balaban J connectivity index is 4.11. The third-order valence-corrected chi connectivity index (χ3v) is 7.21. The van der Waals surface area contributed by atoms with E-state index in [1.54, 1.807) is 0 Å². The number of esters is 1. The summed E-state index contributed by atoms with van der Waals surface area (Å²) >= 11 is 0. The van der Waals surface area contributed by atoms with Crippen LogP contribution in [0.15, 0.2) is 72.9 Å². The lowest BCUT2D eigenvalue weighted by Crippen LogP contribution is -2.18. The van der Waals surface area contributed by atoms with Gasteiger partial charge in [-0.1, -0.05) is 138 Å². The van der Waals surface area contributed by atoms with Gasteiger partial charge in [0.25, 0.3) is 0 Å². The molecule has 0 aliphatic rings. The van der Waals surface area contributed by atoms with Crippen molar-refractivity contribution in [3.63, 3.8) is 0 Å². The number of hydrogen-bond donors (Lipinski definition) is 1. The van der Waals surface area contributed by atoms with E-state index in [1.165, 1.54) is 38.5 Å². The second-order valence-corrected chi connectivity index (χ2v) is 11.3. The van der Waals surface area contributed by atoms with Gasteiger partial charge in [0.15, 0.2) is 0 Å². The Bertz CT molecular complexity index is 815. The third-order valence-electron chi connectivity index (χ3n) is 7.21. The molecule has 0 aromatic rings. The van der Waals surface area contributed by atoms with Gasteiger partial charge in [-0.25, -0.2) is 0 Å². The first kappa shape index (κ1) is 40.4. The summed E-state index contributed by atoms with van der Waals surface area (Å²) in [7, 11) is 0. The summed E-state index contributed by atoms with van der Waals surface area (Å²) in [5.74, 6) is -0.823. The minimum atomic E-state index is -0.724. The maximum absolute atomic E-state index is 12.5. The SMILES string of the molecule is CC/C=C\C/C=C\C/C=C\C/C=C\C/C=C\C/C=C\CCC(=O)OC(CCCCCCCCC)CCCCCCC(=O)O. The summed E-state index contributed by atoms with van der Waals surface area (Å²) in [6.45, 7) is 4.39. The molecular weight excluding hydrogens is 532 g/mol. The van der Waals surface area contributed by atoms with Gasteiger partial charge in [0.05, 0.1) is 0 Å². The summed E-state index contributed by atoms with van der Waals surface area (Å²) in [6, 6.07) is 0. The van der Waals surface area contributed by atoms with Crippen LogP contribution in [0.3, 0.4) is 0 Å². The number of allylic oxidation sites excluding steroid dienone is 12. The van der Waals surface area contributed by atoms with E-state index in [2.05, 4.69) is 86.8 Å². The molecule has 0 aliphatic heterocycles. The van der Waals surface area contributed by atoms with Gasteiger partial charge in [-0.3, -0.25) is 9.59 Å². The second-order valence-electron chi connectivity index (χ2n) is 11.3. The third kappa shape index (κ3) is 33.7. The highest BCUT2D eigenvalue weighted by atomic mass is 16.5. The molecule has 0 aromatic carbocycles. The standard InChI is InChI=1S/C39H64O4/c1-3-5-7-9-11-12-13-14-15-16-17-18-19-20-21-22-24-26-32-36-39(42)43-37(33-29-25-23-10-8-6-4-2)34-30-27-28-31-35-38(40)41/h5,7,11-12,14-15,17-18,20-21,24,26,37H,3-4,6,8-10,13,16,19,22-23,25,27-36H2,1-2H3,(H,40,41)/b7-5-,12-11-,15-14-,18-17-,21-20-,26-24-. The highest BCUT2D eigenvalue weighted by molar-refractivity contribution is 5.69. The lowest BCUT2D eigenvalue weighted by Gasteiger charge is -2.18. The lowest BCUT2D eigenvalue weighted by molar-refractivity contribution is -0.149. The molecule has 1 N–H and O–H groups in total. The van der Waals surface area contributed by atoms with Crippen LogP contribution in [0.25, 0.3) is 0 Å². The minimum Gasteiger partial charge on any atom is -0.481 e. The fraction of sp³-hybridized carbons (Fsp3) is 0.641. The van der Waals surface area contributed by atoms with Crippen LogP contribution in [0.4, 0.5) is 0 Å². The number of hydrogen-bond acceptors (Lipinski definition) is 3. The van der Waals surface area contributed by atoms with Crippen LogP contribution in [-0.4, -0.2) is 23.1 Å². The van der Waals surface area contributed by atoms with Crippen molar-refractivity contribution in [2.24, 2.45) is 0 Å². The fourth-order valence-corrected chi connectivity index (χ4v) is 4.68. The zero-order chi connectivity index (χ0) is 31.5. The quantitative estimate of drug-likeness (QED) is 0.0509. The predicted molar refractivity (Wildman–Crippen MR) is 185 cm³/mol. The van der Waals surface area contributed by atoms with E-state index in [0.717, 1.165) is 83.5 Å². The summed E-state index contributed by atoms with van der Waals surface area (Å²) in [5.41, 5.74) is 0. The summed E-state index contributed by atoms with van der Waals surface area (Å²) < 4.78 is 5.88. The Morgan fingerprint density at radius 1 is 0.535 bits per heavy atom. The van der Waals surface area contributed by atoms with Crippen LogP contribution in [-0.2, 0) is 14.3 Å². The zero-order valence-electron chi connectivity index (χ0n) is 27.7. The number of carboxylic acid groups (broad SMARTS) is 1. The number of aliphatic carboxylic acids is 1. The molecule has 4 heteroatoms. The molecule has 244 valence electrons. The first-order valence-electron chi connectivity index (χ1n) is 17.4. The number of carbonyl (C=O) groups is 2. The lowest BCUT2D eigenvalue weighted by atomic mass is 10.0. The molecule has 0 spiro atoms. The highest BCUT2D eigenvalue weighted by Crippen LogP contribution is 2.18. The van der Waals surface area contributed by atoms with Gasteiger partial charge >= 0.3 is 11.9 Å². The molecule has 4 nitrogen and oxygen atoms in total.